The van der Waals surface area contributed by atoms with Crippen LogP contribution in [-0.4, -0.2) is 27.6 Å². The second kappa shape index (κ2) is 5.86. The zero-order chi connectivity index (χ0) is 17.4. The molecule has 0 unspecified atom stereocenters. The summed E-state index contributed by atoms with van der Waals surface area (Å²) in [5.41, 5.74) is -2.24. The average molecular weight is 334 g/mol. The van der Waals surface area contributed by atoms with E-state index in [0.29, 0.717) is 17.1 Å². The number of pyridine rings is 1. The Labute approximate surface area is 127 Å². The van der Waals surface area contributed by atoms with Crippen LogP contribution in [0.4, 0.5) is 17.6 Å². The molecule has 2 heterocycles. The van der Waals surface area contributed by atoms with Gasteiger partial charge in [-0.25, -0.2) is 9.18 Å². The normalized spacial score (nSPS) is 11.6. The molecule has 1 N–H and O–H groups in total. The fourth-order valence-electron chi connectivity index (χ4n) is 2.07. The van der Waals surface area contributed by atoms with Crippen LogP contribution in [0, 0.1) is 12.7 Å². The summed E-state index contributed by atoms with van der Waals surface area (Å²) in [7, 11) is 0. The van der Waals surface area contributed by atoms with E-state index in [1.54, 1.807) is 0 Å². The van der Waals surface area contributed by atoms with E-state index in [2.05, 4.69) is 9.84 Å². The number of nitrogens with zero attached hydrogens (tertiary/aromatic N) is 3. The van der Waals surface area contributed by atoms with Crippen molar-refractivity contribution in [1.82, 2.24) is 9.78 Å². The topological polar surface area (TPSA) is 68.2 Å². The molecule has 0 aliphatic rings. The molecule has 10 heteroatoms. The molecule has 0 saturated heterocycles. The number of halogens is 4. The Hall–Kier alpha value is -2.65. The maximum Gasteiger partial charge on any atom is 0.457 e. The highest BCUT2D eigenvalue weighted by Gasteiger charge is 2.46. The summed E-state index contributed by atoms with van der Waals surface area (Å²) in [5, 5.41) is 13.2. The average Bonchev–Trinajstić information content (AvgIpc) is 2.82. The molecule has 2 aromatic heterocycles. The Bertz CT molecular complexity index is 732. The lowest BCUT2D eigenvalue weighted by Crippen LogP contribution is -2.38. The van der Waals surface area contributed by atoms with Crippen LogP contribution in [0.5, 0.6) is 0 Å². The molecular formula is C13H12F4N3O3+. The predicted octanol–water partition coefficient (Wildman–Crippen LogP) is 2.04. The van der Waals surface area contributed by atoms with Gasteiger partial charge in [0, 0.05) is 5.56 Å². The molecule has 2 aromatic rings. The fraction of sp³-hybridized carbons (Fsp3) is 0.308. The van der Waals surface area contributed by atoms with Gasteiger partial charge in [-0.2, -0.15) is 13.2 Å². The lowest BCUT2D eigenvalue weighted by Gasteiger charge is -2.08. The minimum Gasteiger partial charge on any atom is -0.462 e. The largest absolute Gasteiger partial charge is 0.462 e. The van der Waals surface area contributed by atoms with E-state index in [4.69, 9.17) is 0 Å². The van der Waals surface area contributed by atoms with E-state index in [0.717, 1.165) is 6.07 Å². The van der Waals surface area contributed by atoms with E-state index in [9.17, 15) is 27.6 Å². The van der Waals surface area contributed by atoms with Gasteiger partial charge >= 0.3 is 18.0 Å². The van der Waals surface area contributed by atoms with Crippen molar-refractivity contribution in [2.45, 2.75) is 20.0 Å². The van der Waals surface area contributed by atoms with E-state index in [-0.39, 0.29) is 16.9 Å². The van der Waals surface area contributed by atoms with Gasteiger partial charge in [-0.15, -0.1) is 0 Å². The van der Waals surface area contributed by atoms with Gasteiger partial charge in [0.2, 0.25) is 0 Å². The van der Waals surface area contributed by atoms with Gasteiger partial charge in [-0.05, 0) is 24.6 Å². The lowest BCUT2D eigenvalue weighted by atomic mass is 10.2. The second-order valence-corrected chi connectivity index (χ2v) is 4.55. The SMILES string of the molecule is CCOC(=O)c1cnn(-c2c(C)cc(F)c[n+]2O)c1C(F)(F)F. The molecule has 124 valence electrons. The zero-order valence-corrected chi connectivity index (χ0v) is 12.1. The van der Waals surface area contributed by atoms with Crippen LogP contribution >= 0.6 is 0 Å². The van der Waals surface area contributed by atoms with Crippen molar-refractivity contribution < 1.29 is 37.0 Å². The summed E-state index contributed by atoms with van der Waals surface area (Å²) < 4.78 is 58.3. The zero-order valence-electron chi connectivity index (χ0n) is 12.1. The third-order valence-electron chi connectivity index (χ3n) is 2.90. The Morgan fingerprint density at radius 1 is 1.48 bits per heavy atom. The molecule has 0 radical (unpaired) electrons. The lowest BCUT2D eigenvalue weighted by molar-refractivity contribution is -0.900. The highest BCUT2D eigenvalue weighted by Crippen LogP contribution is 2.34. The van der Waals surface area contributed by atoms with E-state index in [1.807, 2.05) is 0 Å². The molecule has 23 heavy (non-hydrogen) atoms. The summed E-state index contributed by atoms with van der Waals surface area (Å²) in [6.45, 7) is 2.62. The first kappa shape index (κ1) is 16.7. The van der Waals surface area contributed by atoms with Gasteiger partial charge in [0.05, 0.1) is 12.8 Å². The van der Waals surface area contributed by atoms with Gasteiger partial charge < -0.3 is 9.94 Å². The number of rotatable bonds is 3. The van der Waals surface area contributed by atoms with E-state index in [1.165, 1.54) is 13.8 Å². The van der Waals surface area contributed by atoms with Crippen molar-refractivity contribution >= 4 is 5.97 Å². The third kappa shape index (κ3) is 3.10. The van der Waals surface area contributed by atoms with Crippen LogP contribution in [0.25, 0.3) is 5.82 Å². The molecule has 0 aliphatic heterocycles. The van der Waals surface area contributed by atoms with Crippen molar-refractivity contribution in [1.29, 1.82) is 0 Å². The molecule has 6 nitrogen and oxygen atoms in total. The number of hydrogen-bond donors (Lipinski definition) is 1. The highest BCUT2D eigenvalue weighted by molar-refractivity contribution is 5.90. The van der Waals surface area contributed by atoms with Crippen LogP contribution in [0.1, 0.15) is 28.5 Å². The molecule has 2 rings (SSSR count). The molecule has 0 bridgehead atoms. The number of ether oxygens (including phenoxy) is 1. The van der Waals surface area contributed by atoms with Crippen molar-refractivity contribution in [2.75, 3.05) is 6.61 Å². The summed E-state index contributed by atoms with van der Waals surface area (Å²) >= 11 is 0. The van der Waals surface area contributed by atoms with Crippen LogP contribution < -0.4 is 4.73 Å². The quantitative estimate of drug-likeness (QED) is 0.404. The fourth-order valence-corrected chi connectivity index (χ4v) is 2.07. The van der Waals surface area contributed by atoms with E-state index >= 15 is 0 Å². The molecule has 0 atom stereocenters. The smallest absolute Gasteiger partial charge is 0.457 e. The molecule has 0 saturated carbocycles. The van der Waals surface area contributed by atoms with Crippen LogP contribution in [0.3, 0.4) is 0 Å². The number of hydrogen-bond acceptors (Lipinski definition) is 4. The first-order chi connectivity index (χ1) is 10.7. The van der Waals surface area contributed by atoms with Crippen molar-refractivity contribution in [3.05, 3.63) is 41.1 Å². The third-order valence-corrected chi connectivity index (χ3v) is 2.90. The van der Waals surface area contributed by atoms with Crippen molar-refractivity contribution in [3.8, 4) is 5.82 Å². The number of esters is 1. The van der Waals surface area contributed by atoms with Crippen LogP contribution in [-0.2, 0) is 10.9 Å². The number of aryl methyl sites for hydroxylation is 1. The summed E-state index contributed by atoms with van der Waals surface area (Å²) in [5.74, 6) is -2.50. The molecule has 0 aromatic carbocycles. The molecular weight excluding hydrogens is 322 g/mol. The number of carbonyl (C=O) groups is 1. The summed E-state index contributed by atoms with van der Waals surface area (Å²) in [4.78, 5) is 11.7. The number of carbonyl (C=O) groups excluding carboxylic acids is 1. The van der Waals surface area contributed by atoms with Gasteiger partial charge in [0.15, 0.2) is 12.0 Å². The second-order valence-electron chi connectivity index (χ2n) is 4.55. The Kier molecular flexibility index (Phi) is 4.26. The molecule has 0 aliphatic carbocycles. The summed E-state index contributed by atoms with van der Waals surface area (Å²) in [6.07, 6.45) is -3.69. The maximum absolute atomic E-state index is 13.3. The van der Waals surface area contributed by atoms with Crippen LogP contribution in [0.15, 0.2) is 18.5 Å². The van der Waals surface area contributed by atoms with Crippen LogP contribution in [0.2, 0.25) is 0 Å². The monoisotopic (exact) mass is 334 g/mol. The van der Waals surface area contributed by atoms with E-state index < -0.39 is 35.0 Å². The Balaban J connectivity index is 2.72. The highest BCUT2D eigenvalue weighted by atomic mass is 19.4. The first-order valence-corrected chi connectivity index (χ1v) is 6.40. The Morgan fingerprint density at radius 3 is 2.65 bits per heavy atom. The maximum atomic E-state index is 13.3. The molecule has 0 amide bonds. The molecule has 0 fully saturated rings. The van der Waals surface area contributed by atoms with Gasteiger partial charge in [-0.1, -0.05) is 9.78 Å². The van der Waals surface area contributed by atoms with Gasteiger partial charge in [-0.3, -0.25) is 0 Å². The minimum atomic E-state index is -4.95. The first-order valence-electron chi connectivity index (χ1n) is 6.40. The number of aromatic nitrogens is 3. The standard InChI is InChI=1S/C13H12F4N3O3/c1-3-23-12(21)9-5-18-20(10(9)13(15,16)17)11-7(2)4-8(14)6-19(11)22/h4-6,22H,3H2,1-2H3/q+1. The Morgan fingerprint density at radius 2 is 2.13 bits per heavy atom. The van der Waals surface area contributed by atoms with Gasteiger partial charge in [0.1, 0.15) is 5.56 Å². The van der Waals surface area contributed by atoms with Crippen molar-refractivity contribution in [3.63, 3.8) is 0 Å². The minimum absolute atomic E-state index is 0.0171. The number of alkyl halides is 3. The van der Waals surface area contributed by atoms with Crippen molar-refractivity contribution in [2.24, 2.45) is 0 Å². The predicted molar refractivity (Wildman–Crippen MR) is 66.6 cm³/mol. The molecule has 0 spiro atoms. The van der Waals surface area contributed by atoms with Gasteiger partial charge in [0.25, 0.3) is 5.69 Å². The summed E-state index contributed by atoms with van der Waals surface area (Å²) in [6, 6.07) is 0.925.